The monoisotopic (exact) mass is 2070 g/mol. The van der Waals surface area contributed by atoms with E-state index in [1.807, 2.05) is 48.6 Å². The molecular formula is C108H142N4O36. The third-order valence-electron chi connectivity index (χ3n) is 26.8. The number of methoxy groups -OCH3 is 16. The van der Waals surface area contributed by atoms with Crippen molar-refractivity contribution in [3.63, 3.8) is 0 Å². The molecular weight excluding hydrogens is 1930 g/mol. The van der Waals surface area contributed by atoms with E-state index in [9.17, 15) is 0 Å². The van der Waals surface area contributed by atoms with Gasteiger partial charge in [0.25, 0.3) is 0 Å². The van der Waals surface area contributed by atoms with Gasteiger partial charge < -0.3 is 180 Å². The van der Waals surface area contributed by atoms with Crippen LogP contribution in [0.5, 0.6) is 115 Å². The molecule has 810 valence electrons. The molecule has 4 aromatic carbocycles. The number of aromatic amines is 2. The van der Waals surface area contributed by atoms with Crippen LogP contribution in [0.3, 0.4) is 0 Å². The molecule has 148 heavy (non-hydrogen) atoms. The van der Waals surface area contributed by atoms with Crippen molar-refractivity contribution in [2.45, 2.75) is 177 Å². The van der Waals surface area contributed by atoms with Crippen LogP contribution in [0.4, 0.5) is 0 Å². The number of aromatic nitrogens is 4. The van der Waals surface area contributed by atoms with E-state index >= 15 is 0 Å². The Morgan fingerprint density at radius 3 is 0.439 bits per heavy atom. The van der Waals surface area contributed by atoms with E-state index in [-0.39, 0.29) is 292 Å². The van der Waals surface area contributed by atoms with Gasteiger partial charge in [-0.15, -0.1) is 0 Å². The maximum absolute atomic E-state index is 7.66. The zero-order valence-corrected chi connectivity index (χ0v) is 88.2. The minimum Gasteiger partial charge on any atom is -0.486 e. The van der Waals surface area contributed by atoms with Crippen LogP contribution in [0.2, 0.25) is 0 Å². The van der Waals surface area contributed by atoms with Crippen LogP contribution in [0.1, 0.15) is 102 Å². The SMILES string of the molecule is CCCCOc1c2c(c(-c3c4nc(c(-c5c6c(c(OCCCC)c7c5OC(COC)C(COC)O7)OC(COC)C(COC)O6)c5ccc([nH]5)c(-c5c6c(c(OCCCC)c7c5OC(COC)C(COC)O7)OC(COC)C(COC)O6)c5nc(c(-c6c7c(c(OCCCC)c8c6OC(COC)C(COC)O8)OC(COC)C(COC)O7)c6ccc3[nH]6)C=C5)C=C4)c3c1OC(COC)C(COC)O3)OC(COC)C(COC)O2. The fourth-order valence-corrected chi connectivity index (χ4v) is 19.8. The number of ether oxygens (including phenoxy) is 36. The second kappa shape index (κ2) is 50.6. The highest BCUT2D eigenvalue weighted by Gasteiger charge is 2.53. The lowest BCUT2D eigenvalue weighted by Gasteiger charge is -2.40. The van der Waals surface area contributed by atoms with E-state index in [4.69, 9.17) is 180 Å². The van der Waals surface area contributed by atoms with Crippen LogP contribution in [0.15, 0.2) is 24.3 Å². The highest BCUT2D eigenvalue weighted by atomic mass is 16.7. The molecule has 0 amide bonds. The molecule has 2 N–H and O–H groups in total. The van der Waals surface area contributed by atoms with Gasteiger partial charge in [-0.2, -0.15) is 0 Å². The molecule has 8 bridgehead atoms. The molecule has 16 unspecified atom stereocenters. The molecule has 0 radical (unpaired) electrons. The van der Waals surface area contributed by atoms with Crippen molar-refractivity contribution in [3.8, 4) is 159 Å². The van der Waals surface area contributed by atoms with Crippen LogP contribution in [0.25, 0.3) is 90.9 Å². The van der Waals surface area contributed by atoms with Crippen molar-refractivity contribution in [2.75, 3.05) is 246 Å². The highest BCUT2D eigenvalue weighted by Crippen LogP contribution is 2.68. The molecule has 10 aliphatic rings. The summed E-state index contributed by atoms with van der Waals surface area (Å²) in [5.74, 6) is 3.09. The number of benzene rings is 4. The zero-order chi connectivity index (χ0) is 104. The van der Waals surface area contributed by atoms with Crippen LogP contribution in [0, 0.1) is 0 Å². The first-order valence-corrected chi connectivity index (χ1v) is 50.7. The lowest BCUT2D eigenvalue weighted by atomic mass is 9.97. The number of fused-ring (bicyclic) bond motifs is 16. The molecule has 7 aromatic rings. The van der Waals surface area contributed by atoms with Crippen molar-refractivity contribution in [1.82, 2.24) is 19.9 Å². The zero-order valence-electron chi connectivity index (χ0n) is 88.2. The average molecular weight is 2070 g/mol. The smallest absolute Gasteiger partial charge is 0.211 e. The lowest BCUT2D eigenvalue weighted by molar-refractivity contribution is -0.0614. The van der Waals surface area contributed by atoms with Crippen molar-refractivity contribution in [2.24, 2.45) is 0 Å². The predicted molar refractivity (Wildman–Crippen MR) is 543 cm³/mol. The molecule has 16 atom stereocenters. The number of unbranched alkanes of at least 4 members (excludes halogenated alkanes) is 4. The Hall–Kier alpha value is -11.2. The Bertz CT molecular complexity index is 5020. The van der Waals surface area contributed by atoms with Gasteiger partial charge in [-0.1, -0.05) is 53.4 Å². The molecule has 17 rings (SSSR count). The minimum atomic E-state index is -0.878. The van der Waals surface area contributed by atoms with Gasteiger partial charge in [-0.3, -0.25) is 0 Å². The summed E-state index contributed by atoms with van der Waals surface area (Å²) in [7, 11) is 25.5. The Labute approximate surface area is 861 Å². The first-order chi connectivity index (χ1) is 72.6. The summed E-state index contributed by atoms with van der Waals surface area (Å²) in [5, 5.41) is 0. The summed E-state index contributed by atoms with van der Waals surface area (Å²) in [6, 6.07) is 7.71. The van der Waals surface area contributed by atoms with Gasteiger partial charge in [0.1, 0.15) is 0 Å². The molecule has 0 saturated carbocycles. The molecule has 0 spiro atoms. The van der Waals surface area contributed by atoms with Gasteiger partial charge in [-0.25, -0.2) is 9.97 Å². The van der Waals surface area contributed by atoms with Crippen molar-refractivity contribution >= 4 is 46.4 Å². The fraction of sp³-hybridized carbons (Fsp3) is 0.593. The first kappa shape index (κ1) is 108. The maximum Gasteiger partial charge on any atom is 0.211 e. The lowest BCUT2D eigenvalue weighted by Crippen LogP contribution is -2.47. The molecule has 0 fully saturated rings. The van der Waals surface area contributed by atoms with E-state index in [1.54, 1.807) is 114 Å². The molecule has 0 aliphatic carbocycles. The summed E-state index contributed by atoms with van der Waals surface area (Å²) in [4.78, 5) is 20.4. The number of rotatable bonds is 52. The van der Waals surface area contributed by atoms with Gasteiger partial charge in [0, 0.05) is 158 Å². The van der Waals surface area contributed by atoms with Crippen molar-refractivity contribution < 1.29 is 171 Å². The highest BCUT2D eigenvalue weighted by molar-refractivity contribution is 6.07. The van der Waals surface area contributed by atoms with E-state index in [0.717, 1.165) is 25.7 Å². The van der Waals surface area contributed by atoms with Gasteiger partial charge in [0.15, 0.2) is 144 Å². The Kier molecular flexibility index (Phi) is 37.0. The van der Waals surface area contributed by atoms with Gasteiger partial charge in [0.2, 0.25) is 69.0 Å². The number of nitrogens with zero attached hydrogens (tertiary/aromatic N) is 2. The minimum absolute atomic E-state index is 0.00368. The number of H-pyrrole nitrogens is 2. The van der Waals surface area contributed by atoms with Crippen molar-refractivity contribution in [3.05, 3.63) is 47.0 Å². The molecule has 13 heterocycles. The Balaban J connectivity index is 1.14. The summed E-state index contributed by atoms with van der Waals surface area (Å²) in [5.41, 5.74) is 4.87. The number of hydrogen-bond acceptors (Lipinski definition) is 38. The molecule has 40 nitrogen and oxygen atoms in total. The number of nitrogens with one attached hydrogen (secondary N) is 2. The summed E-state index contributed by atoms with van der Waals surface area (Å²) < 4.78 is 246. The maximum atomic E-state index is 7.66. The quantitative estimate of drug-likeness (QED) is 0.0334. The third kappa shape index (κ3) is 21.8. The fourth-order valence-electron chi connectivity index (χ4n) is 19.8. The van der Waals surface area contributed by atoms with E-state index < -0.39 is 97.7 Å². The van der Waals surface area contributed by atoms with Gasteiger partial charge in [-0.05, 0) is 74.3 Å². The van der Waals surface area contributed by atoms with E-state index in [0.29, 0.717) is 70.0 Å². The van der Waals surface area contributed by atoms with Crippen LogP contribution in [-0.4, -0.2) is 363 Å². The molecule has 3 aromatic heterocycles. The Morgan fingerprint density at radius 1 is 0.189 bits per heavy atom. The van der Waals surface area contributed by atoms with E-state index in [1.165, 1.54) is 0 Å². The normalized spacial score (nSPS) is 22.8. The van der Waals surface area contributed by atoms with Crippen LogP contribution >= 0.6 is 0 Å². The molecule has 10 aliphatic heterocycles. The third-order valence-corrected chi connectivity index (χ3v) is 26.8. The average Bonchev–Trinajstić information content (AvgIpc) is 1.45. The van der Waals surface area contributed by atoms with Gasteiger partial charge in [0.05, 0.1) is 177 Å². The Morgan fingerprint density at radius 2 is 0.318 bits per heavy atom. The largest absolute Gasteiger partial charge is 0.486 e. The standard InChI is InChI=1S/C108H142N4O36/c1-21-25-37-129-97-101-89(133-65(41-113-5)73(141-101)49-121-13)85(90-102(97)142-74(50-122-14)66(134-90)42-114-6)81-57-29-31-59(109-57)82(86-91-103(143-75(51-123-15)67(135-91)43-115-7)98(130-38-26-22-2)104-92(86)136-68(44-116-8)76(144-104)52-124-16)61-33-35-63(111-61)84(88-95-107(147-79(55-127-19)71(139-95)47-119-11)100(132-40-28-24-4)108-96(88)140-72(48-120-12)80(148-108)56-128-20)64-36-34-62(112-64)83(60-32-30-58(81)110-60)87-93-105(145-77(53-125-17)69(137-93)45-117-9)99(131-39-27-23-3)106-94(87)138-70(46-118-10)78(146-106)54-126-18/h29-36,65-80,109,112H,21-28,37-56H2,1-20H3. The van der Waals surface area contributed by atoms with Crippen LogP contribution in [-0.2, 0) is 75.8 Å². The number of hydrogen-bond donors (Lipinski definition) is 2. The topological polar surface area (TPSA) is 390 Å². The molecule has 40 heteroatoms. The molecule has 0 saturated heterocycles. The summed E-state index contributed by atoms with van der Waals surface area (Å²) in [6.45, 7) is 9.48. The second-order valence-electron chi connectivity index (χ2n) is 37.2. The summed E-state index contributed by atoms with van der Waals surface area (Å²) >= 11 is 0. The summed E-state index contributed by atoms with van der Waals surface area (Å²) in [6.07, 6.45) is -0.435. The van der Waals surface area contributed by atoms with E-state index in [2.05, 4.69) is 37.7 Å². The predicted octanol–water partition coefficient (Wildman–Crippen LogP) is 14.4. The van der Waals surface area contributed by atoms with Crippen molar-refractivity contribution in [1.29, 1.82) is 0 Å². The second-order valence-corrected chi connectivity index (χ2v) is 37.2. The van der Waals surface area contributed by atoms with Gasteiger partial charge >= 0.3 is 0 Å². The van der Waals surface area contributed by atoms with Crippen LogP contribution < -0.4 is 94.7 Å². The first-order valence-electron chi connectivity index (χ1n) is 50.7.